The first-order valence-electron chi connectivity index (χ1n) is 7.91. The van der Waals surface area contributed by atoms with E-state index in [0.29, 0.717) is 19.1 Å². The third-order valence-electron chi connectivity index (χ3n) is 4.14. The van der Waals surface area contributed by atoms with Gasteiger partial charge in [-0.15, -0.1) is 0 Å². The van der Waals surface area contributed by atoms with Gasteiger partial charge in [0.05, 0.1) is 24.5 Å². The van der Waals surface area contributed by atoms with Crippen molar-refractivity contribution in [2.45, 2.75) is 50.5 Å². The van der Waals surface area contributed by atoms with Crippen LogP contribution in [0.4, 0.5) is 5.69 Å². The van der Waals surface area contributed by atoms with Crippen LogP contribution >= 0.6 is 31.9 Å². The van der Waals surface area contributed by atoms with E-state index in [0.717, 1.165) is 45.9 Å². The third-order valence-corrected chi connectivity index (χ3v) is 5.22. The molecule has 1 saturated carbocycles. The molecule has 7 heteroatoms. The molecule has 0 aliphatic heterocycles. The summed E-state index contributed by atoms with van der Waals surface area (Å²) in [5, 5.41) is 34.8. The number of halogens is 2. The molecular formula is C16H24Br2N2O3. The summed E-state index contributed by atoms with van der Waals surface area (Å²) in [7, 11) is 0. The highest BCUT2D eigenvalue weighted by Gasteiger charge is 2.19. The maximum absolute atomic E-state index is 9.58. The van der Waals surface area contributed by atoms with Gasteiger partial charge in [-0.3, -0.25) is 0 Å². The van der Waals surface area contributed by atoms with Gasteiger partial charge in [-0.05, 0) is 59.3 Å². The first-order valence-corrected chi connectivity index (χ1v) is 9.50. The summed E-state index contributed by atoms with van der Waals surface area (Å²) in [4.78, 5) is 0. The summed E-state index contributed by atoms with van der Waals surface area (Å²) in [6, 6.07) is 4.42. The van der Waals surface area contributed by atoms with E-state index in [1.54, 1.807) is 0 Å². The topological polar surface area (TPSA) is 84.8 Å². The smallest absolute Gasteiger partial charge is 0.0942 e. The average Bonchev–Trinajstić information content (AvgIpc) is 2.52. The molecule has 1 unspecified atom stereocenters. The van der Waals surface area contributed by atoms with Gasteiger partial charge in [0.1, 0.15) is 0 Å². The molecule has 0 radical (unpaired) electrons. The zero-order valence-electron chi connectivity index (χ0n) is 12.9. The molecule has 1 aromatic carbocycles. The van der Waals surface area contributed by atoms with Crippen molar-refractivity contribution in [1.29, 1.82) is 0 Å². The van der Waals surface area contributed by atoms with E-state index in [1.165, 1.54) is 0 Å². The van der Waals surface area contributed by atoms with Crippen LogP contribution in [0.15, 0.2) is 21.1 Å². The number of aliphatic hydroxyl groups is 3. The Morgan fingerprint density at radius 3 is 2.52 bits per heavy atom. The predicted molar refractivity (Wildman–Crippen MR) is 98.5 cm³/mol. The van der Waals surface area contributed by atoms with E-state index in [4.69, 9.17) is 5.11 Å². The summed E-state index contributed by atoms with van der Waals surface area (Å²) in [5.74, 6) is 0. The second-order valence-corrected chi connectivity index (χ2v) is 7.80. The van der Waals surface area contributed by atoms with Crippen molar-refractivity contribution >= 4 is 37.5 Å². The largest absolute Gasteiger partial charge is 0.394 e. The summed E-state index contributed by atoms with van der Waals surface area (Å²) in [5.41, 5.74) is 2.01. The van der Waals surface area contributed by atoms with Gasteiger partial charge < -0.3 is 26.0 Å². The number of aliphatic hydroxyl groups excluding tert-OH is 3. The van der Waals surface area contributed by atoms with E-state index in [-0.39, 0.29) is 12.7 Å². The van der Waals surface area contributed by atoms with Crippen molar-refractivity contribution < 1.29 is 15.3 Å². The fourth-order valence-electron chi connectivity index (χ4n) is 2.78. The Morgan fingerprint density at radius 2 is 1.87 bits per heavy atom. The highest BCUT2D eigenvalue weighted by molar-refractivity contribution is 9.11. The van der Waals surface area contributed by atoms with E-state index >= 15 is 0 Å². The first kappa shape index (κ1) is 19.1. The quantitative estimate of drug-likeness (QED) is 0.439. The van der Waals surface area contributed by atoms with E-state index in [1.807, 2.05) is 12.1 Å². The molecule has 130 valence electrons. The minimum Gasteiger partial charge on any atom is -0.394 e. The van der Waals surface area contributed by atoms with Gasteiger partial charge in [0.2, 0.25) is 0 Å². The normalized spacial score (nSPS) is 22.8. The molecule has 23 heavy (non-hydrogen) atoms. The maximum atomic E-state index is 9.58. The molecular weight excluding hydrogens is 428 g/mol. The Bertz CT molecular complexity index is 508. The Hall–Kier alpha value is -0.180. The number of hydrogen-bond acceptors (Lipinski definition) is 5. The minimum absolute atomic E-state index is 0.148. The van der Waals surface area contributed by atoms with Crippen LogP contribution in [-0.2, 0) is 6.54 Å². The fraction of sp³-hybridized carbons (Fsp3) is 0.625. The van der Waals surface area contributed by atoms with Crippen molar-refractivity contribution in [1.82, 2.24) is 5.32 Å². The third kappa shape index (κ3) is 5.99. The Labute approximate surface area is 153 Å². The average molecular weight is 452 g/mol. The van der Waals surface area contributed by atoms with Crippen molar-refractivity contribution in [2.24, 2.45) is 0 Å². The molecule has 5 N–H and O–H groups in total. The summed E-state index contributed by atoms with van der Waals surface area (Å²) in [6.07, 6.45) is 2.75. The van der Waals surface area contributed by atoms with Crippen molar-refractivity contribution in [2.75, 3.05) is 18.5 Å². The lowest BCUT2D eigenvalue weighted by Gasteiger charge is -2.27. The highest BCUT2D eigenvalue weighted by Crippen LogP contribution is 2.31. The van der Waals surface area contributed by atoms with E-state index in [9.17, 15) is 10.2 Å². The molecule has 1 aromatic rings. The zero-order chi connectivity index (χ0) is 16.8. The molecule has 0 aromatic heterocycles. The number of nitrogens with one attached hydrogen (secondary N) is 2. The number of anilines is 1. The second kappa shape index (κ2) is 9.34. The summed E-state index contributed by atoms with van der Waals surface area (Å²) < 4.78 is 1.89. The van der Waals surface area contributed by atoms with Gasteiger partial charge >= 0.3 is 0 Å². The van der Waals surface area contributed by atoms with Gasteiger partial charge in [-0.25, -0.2) is 0 Å². The molecule has 0 saturated heterocycles. The van der Waals surface area contributed by atoms with Crippen LogP contribution in [0, 0.1) is 0 Å². The predicted octanol–water partition coefficient (Wildman–Crippen LogP) is 2.37. The lowest BCUT2D eigenvalue weighted by atomic mass is 9.93. The minimum atomic E-state index is -0.786. The van der Waals surface area contributed by atoms with Crippen molar-refractivity contribution in [3.63, 3.8) is 0 Å². The first-order chi connectivity index (χ1) is 11.0. The maximum Gasteiger partial charge on any atom is 0.0942 e. The molecule has 5 nitrogen and oxygen atoms in total. The number of benzene rings is 1. The molecule has 1 aliphatic rings. The molecule has 2 rings (SSSR count). The van der Waals surface area contributed by atoms with Crippen molar-refractivity contribution in [3.8, 4) is 0 Å². The van der Waals surface area contributed by atoms with E-state index < -0.39 is 6.10 Å². The standard InChI is InChI=1S/C16H24Br2N2O3/c17-11-5-10(7-19-12-1-3-13(22)4-2-12)16(15(18)6-11)20-8-14(23)9-21/h5-6,12-14,19-23H,1-4,7-9H2. The van der Waals surface area contributed by atoms with Crippen molar-refractivity contribution in [3.05, 3.63) is 26.6 Å². The van der Waals surface area contributed by atoms with E-state index in [2.05, 4.69) is 42.5 Å². The van der Waals surface area contributed by atoms with Crippen LogP contribution in [0.3, 0.4) is 0 Å². The molecule has 1 atom stereocenters. The van der Waals surface area contributed by atoms with Crippen LogP contribution in [-0.4, -0.2) is 46.7 Å². The van der Waals surface area contributed by atoms with Crippen LogP contribution < -0.4 is 10.6 Å². The molecule has 0 bridgehead atoms. The van der Waals surface area contributed by atoms with Crippen LogP contribution in [0.1, 0.15) is 31.2 Å². The number of rotatable bonds is 7. The highest BCUT2D eigenvalue weighted by atomic mass is 79.9. The van der Waals surface area contributed by atoms with Gasteiger partial charge in [-0.1, -0.05) is 15.9 Å². The van der Waals surface area contributed by atoms with Gasteiger partial charge in [0.15, 0.2) is 0 Å². The molecule has 0 amide bonds. The molecule has 1 aliphatic carbocycles. The Balaban J connectivity index is 2.01. The SMILES string of the molecule is OCC(O)CNc1c(Br)cc(Br)cc1CNC1CCC(O)CC1. The zero-order valence-corrected chi connectivity index (χ0v) is 16.1. The Morgan fingerprint density at radius 1 is 1.17 bits per heavy atom. The van der Waals surface area contributed by atoms with Crippen LogP contribution in [0.5, 0.6) is 0 Å². The lowest BCUT2D eigenvalue weighted by molar-refractivity contribution is 0.105. The van der Waals surface area contributed by atoms with Gasteiger partial charge in [-0.2, -0.15) is 0 Å². The molecule has 0 heterocycles. The lowest BCUT2D eigenvalue weighted by Crippen LogP contribution is -2.34. The monoisotopic (exact) mass is 450 g/mol. The van der Waals surface area contributed by atoms with Crippen LogP contribution in [0.2, 0.25) is 0 Å². The fourth-order valence-corrected chi connectivity index (χ4v) is 4.24. The summed E-state index contributed by atoms with van der Waals surface area (Å²) in [6.45, 7) is 0.731. The second-order valence-electron chi connectivity index (χ2n) is 6.03. The van der Waals surface area contributed by atoms with Crippen LogP contribution in [0.25, 0.3) is 0 Å². The molecule has 1 fully saturated rings. The molecule has 0 spiro atoms. The Kier molecular flexibility index (Phi) is 7.78. The van der Waals surface area contributed by atoms with Gasteiger partial charge in [0.25, 0.3) is 0 Å². The number of hydrogen-bond donors (Lipinski definition) is 5. The summed E-state index contributed by atoms with van der Waals surface area (Å²) >= 11 is 7.05. The van der Waals surface area contributed by atoms with Gasteiger partial charge in [0, 0.05) is 28.1 Å².